The topological polar surface area (TPSA) is 64.3 Å². The molecule has 0 fully saturated rings. The number of aliphatic hydroxyl groups excluding tert-OH is 1. The highest BCUT2D eigenvalue weighted by atomic mass is 16.3. The molecule has 0 aliphatic carbocycles. The van der Waals surface area contributed by atoms with Gasteiger partial charge in [-0.05, 0) is 32.0 Å². The first-order valence-electron chi connectivity index (χ1n) is 5.55. The molecule has 0 aliphatic rings. The molecule has 0 bridgehead atoms. The molecule has 0 amide bonds. The smallest absolute Gasteiger partial charge is 0.161 e. The molecular weight excluding hydrogens is 216 g/mol. The Morgan fingerprint density at radius 3 is 2.71 bits per heavy atom. The van der Waals surface area contributed by atoms with Crippen LogP contribution < -0.4 is 4.90 Å². The normalized spacial score (nSPS) is 9.76. The Balaban J connectivity index is 3.25. The molecule has 0 radical (unpaired) electrons. The van der Waals surface area contributed by atoms with Gasteiger partial charge in [0, 0.05) is 24.3 Å². The summed E-state index contributed by atoms with van der Waals surface area (Å²) in [6, 6.07) is 7.04. The number of hydrogen-bond acceptors (Lipinski definition) is 4. The Morgan fingerprint density at radius 1 is 1.53 bits per heavy atom. The highest BCUT2D eigenvalue weighted by molar-refractivity contribution is 6.00. The van der Waals surface area contributed by atoms with Gasteiger partial charge in [0.15, 0.2) is 5.78 Å². The van der Waals surface area contributed by atoms with Crippen molar-refractivity contribution in [3.63, 3.8) is 0 Å². The Bertz CT molecular complexity index is 449. The minimum Gasteiger partial charge on any atom is -0.395 e. The molecule has 17 heavy (non-hydrogen) atoms. The van der Waals surface area contributed by atoms with Crippen LogP contribution in [0.5, 0.6) is 0 Å². The molecule has 1 aromatic rings. The van der Waals surface area contributed by atoms with Gasteiger partial charge in [0.2, 0.25) is 0 Å². The molecular formula is C13H16N2O2. The molecule has 1 N–H and O–H groups in total. The predicted molar refractivity (Wildman–Crippen MR) is 66.1 cm³/mol. The van der Waals surface area contributed by atoms with Gasteiger partial charge in [0.25, 0.3) is 0 Å². The third-order valence-electron chi connectivity index (χ3n) is 2.60. The number of hydrogen-bond donors (Lipinski definition) is 1. The molecule has 4 heteroatoms. The standard InChI is InChI=1S/C13H16N2O2/c1-3-15(6-7-16)13-8-11(9-14)4-5-12(13)10(2)17/h4-5,8,16H,3,6-7H2,1-2H3. The maximum absolute atomic E-state index is 11.5. The molecule has 0 spiro atoms. The summed E-state index contributed by atoms with van der Waals surface area (Å²) in [7, 11) is 0. The zero-order valence-electron chi connectivity index (χ0n) is 10.1. The van der Waals surface area contributed by atoms with E-state index in [0.29, 0.717) is 29.9 Å². The third-order valence-corrected chi connectivity index (χ3v) is 2.60. The van der Waals surface area contributed by atoms with Crippen LogP contribution in [0.25, 0.3) is 0 Å². The minimum absolute atomic E-state index is 0.0158. The second kappa shape index (κ2) is 6.02. The van der Waals surface area contributed by atoms with E-state index in [1.165, 1.54) is 6.92 Å². The number of anilines is 1. The summed E-state index contributed by atoms with van der Waals surface area (Å²) in [5.74, 6) is -0.0409. The van der Waals surface area contributed by atoms with Gasteiger partial charge in [-0.3, -0.25) is 4.79 Å². The molecule has 90 valence electrons. The number of nitrogens with zero attached hydrogens (tertiary/aromatic N) is 2. The fourth-order valence-corrected chi connectivity index (χ4v) is 1.73. The van der Waals surface area contributed by atoms with Crippen LogP contribution in [0.15, 0.2) is 18.2 Å². The number of Topliss-reactive ketones (excluding diaryl/α,β-unsaturated/α-hetero) is 1. The van der Waals surface area contributed by atoms with Crippen molar-refractivity contribution in [1.29, 1.82) is 5.26 Å². The van der Waals surface area contributed by atoms with E-state index >= 15 is 0 Å². The lowest BCUT2D eigenvalue weighted by Gasteiger charge is -2.24. The van der Waals surface area contributed by atoms with E-state index in [1.54, 1.807) is 18.2 Å². The number of aliphatic hydroxyl groups is 1. The molecule has 1 aromatic carbocycles. The van der Waals surface area contributed by atoms with Gasteiger partial charge in [0.1, 0.15) is 0 Å². The van der Waals surface area contributed by atoms with Crippen molar-refractivity contribution < 1.29 is 9.90 Å². The van der Waals surface area contributed by atoms with Gasteiger partial charge in [-0.15, -0.1) is 0 Å². The van der Waals surface area contributed by atoms with E-state index in [1.807, 2.05) is 11.8 Å². The van der Waals surface area contributed by atoms with Gasteiger partial charge in [-0.25, -0.2) is 0 Å². The van der Waals surface area contributed by atoms with Crippen molar-refractivity contribution in [2.75, 3.05) is 24.6 Å². The first kappa shape index (κ1) is 13.2. The molecule has 0 unspecified atom stereocenters. The Labute approximate surface area is 101 Å². The van der Waals surface area contributed by atoms with Crippen molar-refractivity contribution in [2.45, 2.75) is 13.8 Å². The second-order valence-electron chi connectivity index (χ2n) is 3.70. The SMILES string of the molecule is CCN(CCO)c1cc(C#N)ccc1C(C)=O. The second-order valence-corrected chi connectivity index (χ2v) is 3.70. The lowest BCUT2D eigenvalue weighted by Crippen LogP contribution is -2.27. The van der Waals surface area contributed by atoms with Crippen LogP contribution in [0.2, 0.25) is 0 Å². The van der Waals surface area contributed by atoms with Crippen molar-refractivity contribution in [2.24, 2.45) is 0 Å². The van der Waals surface area contributed by atoms with Gasteiger partial charge in [-0.2, -0.15) is 5.26 Å². The predicted octanol–water partition coefficient (Wildman–Crippen LogP) is 1.58. The van der Waals surface area contributed by atoms with Gasteiger partial charge in [-0.1, -0.05) is 0 Å². The largest absolute Gasteiger partial charge is 0.395 e. The first-order valence-corrected chi connectivity index (χ1v) is 5.55. The maximum Gasteiger partial charge on any atom is 0.161 e. The summed E-state index contributed by atoms with van der Waals surface area (Å²) in [6.45, 7) is 4.58. The zero-order valence-corrected chi connectivity index (χ0v) is 10.1. The fraction of sp³-hybridized carbons (Fsp3) is 0.385. The van der Waals surface area contributed by atoms with E-state index in [-0.39, 0.29) is 12.4 Å². The van der Waals surface area contributed by atoms with Gasteiger partial charge < -0.3 is 10.0 Å². The Morgan fingerprint density at radius 2 is 2.24 bits per heavy atom. The summed E-state index contributed by atoms with van der Waals surface area (Å²) in [4.78, 5) is 13.4. The average molecular weight is 232 g/mol. The van der Waals surface area contributed by atoms with Crippen LogP contribution in [-0.4, -0.2) is 30.6 Å². The van der Waals surface area contributed by atoms with E-state index in [2.05, 4.69) is 6.07 Å². The molecule has 0 heterocycles. The van der Waals surface area contributed by atoms with Crippen LogP contribution in [0, 0.1) is 11.3 Å². The van der Waals surface area contributed by atoms with Crippen LogP contribution in [0.1, 0.15) is 29.8 Å². The zero-order chi connectivity index (χ0) is 12.8. The average Bonchev–Trinajstić information content (AvgIpc) is 2.35. The highest BCUT2D eigenvalue weighted by Crippen LogP contribution is 2.22. The van der Waals surface area contributed by atoms with Gasteiger partial charge >= 0.3 is 0 Å². The van der Waals surface area contributed by atoms with E-state index in [9.17, 15) is 4.79 Å². The van der Waals surface area contributed by atoms with Crippen LogP contribution in [0.3, 0.4) is 0 Å². The van der Waals surface area contributed by atoms with Crippen molar-refractivity contribution >= 4 is 11.5 Å². The van der Waals surface area contributed by atoms with E-state index in [0.717, 1.165) is 0 Å². The van der Waals surface area contributed by atoms with E-state index < -0.39 is 0 Å². The number of nitriles is 1. The summed E-state index contributed by atoms with van der Waals surface area (Å²) >= 11 is 0. The lowest BCUT2D eigenvalue weighted by atomic mass is 10.1. The summed E-state index contributed by atoms with van der Waals surface area (Å²) < 4.78 is 0. The van der Waals surface area contributed by atoms with Crippen molar-refractivity contribution in [1.82, 2.24) is 0 Å². The Kier molecular flexibility index (Phi) is 4.68. The minimum atomic E-state index is -0.0409. The number of likely N-dealkylation sites (N-methyl/N-ethyl adjacent to an activating group) is 1. The fourth-order valence-electron chi connectivity index (χ4n) is 1.73. The third kappa shape index (κ3) is 3.05. The first-order chi connectivity index (χ1) is 8.13. The van der Waals surface area contributed by atoms with Crippen molar-refractivity contribution in [3.05, 3.63) is 29.3 Å². The molecule has 0 atom stereocenters. The summed E-state index contributed by atoms with van der Waals surface area (Å²) in [5, 5.41) is 17.9. The van der Waals surface area contributed by atoms with Crippen LogP contribution in [0.4, 0.5) is 5.69 Å². The number of rotatable bonds is 5. The lowest BCUT2D eigenvalue weighted by molar-refractivity contribution is 0.101. The Hall–Kier alpha value is -1.86. The molecule has 4 nitrogen and oxygen atoms in total. The maximum atomic E-state index is 11.5. The highest BCUT2D eigenvalue weighted by Gasteiger charge is 2.13. The summed E-state index contributed by atoms with van der Waals surface area (Å²) in [6.07, 6.45) is 0. The van der Waals surface area contributed by atoms with Gasteiger partial charge in [0.05, 0.1) is 18.2 Å². The summed E-state index contributed by atoms with van der Waals surface area (Å²) in [5.41, 5.74) is 1.81. The monoisotopic (exact) mass is 232 g/mol. The number of carbonyl (C=O) groups excluding carboxylic acids is 1. The number of ketones is 1. The molecule has 0 aromatic heterocycles. The van der Waals surface area contributed by atoms with Crippen LogP contribution in [-0.2, 0) is 0 Å². The molecule has 1 rings (SSSR count). The molecule has 0 aliphatic heterocycles. The molecule has 0 saturated heterocycles. The van der Waals surface area contributed by atoms with E-state index in [4.69, 9.17) is 10.4 Å². The number of carbonyl (C=O) groups is 1. The molecule has 0 saturated carbocycles. The van der Waals surface area contributed by atoms with Crippen molar-refractivity contribution in [3.8, 4) is 6.07 Å². The van der Waals surface area contributed by atoms with Crippen LogP contribution >= 0.6 is 0 Å². The number of benzene rings is 1. The quantitative estimate of drug-likeness (QED) is 0.783.